The van der Waals surface area contributed by atoms with Gasteiger partial charge in [-0.15, -0.1) is 0 Å². The lowest BCUT2D eigenvalue weighted by Gasteiger charge is -2.37. The van der Waals surface area contributed by atoms with Gasteiger partial charge in [-0.05, 0) is 76.0 Å². The molecule has 0 radical (unpaired) electrons. The Morgan fingerprint density at radius 2 is 1.75 bits per heavy atom. The number of pyridine rings is 1. The van der Waals surface area contributed by atoms with E-state index in [4.69, 9.17) is 9.72 Å². The van der Waals surface area contributed by atoms with E-state index < -0.39 is 53.5 Å². The molecular weight excluding hydrogens is 562 g/mol. The van der Waals surface area contributed by atoms with Crippen LogP contribution in [-0.2, 0) is 23.9 Å². The van der Waals surface area contributed by atoms with E-state index in [0.29, 0.717) is 56.3 Å². The lowest BCUT2D eigenvalue weighted by atomic mass is 9.71. The lowest BCUT2D eigenvalue weighted by Crippen LogP contribution is -2.61. The molecule has 5 bridgehead atoms. The van der Waals surface area contributed by atoms with Gasteiger partial charge in [-0.1, -0.05) is 44.2 Å². The second kappa shape index (κ2) is 13.0. The number of esters is 1. The van der Waals surface area contributed by atoms with Crippen molar-refractivity contribution < 1.29 is 29.0 Å². The van der Waals surface area contributed by atoms with Crippen LogP contribution in [0.4, 0.5) is 0 Å². The van der Waals surface area contributed by atoms with Crippen molar-refractivity contribution in [3.05, 3.63) is 47.7 Å². The number of hydrogen-bond donors (Lipinski definition) is 4. The standard InChI is InChI=1S/C33H43N5O6/c1-19(2)28-29(40)34-20(3)30(41)38-17-5-6-26(37-38)31(42)44-21(4)25-10-9-23-8-7-22(18-27(23)35-25)11-14-33(32(43)36-28)15-12-24(39)13-16-33/h7-11,14,18-21,24,26,28,37,39H,5-6,12-13,15-17H2,1-4H3,(H,34,40)(H,36,43)/b14-11+/t20-,21+,24-,26-,28-,33+/m0/s1. The summed E-state index contributed by atoms with van der Waals surface area (Å²) in [4.78, 5) is 58.7. The van der Waals surface area contributed by atoms with E-state index >= 15 is 0 Å². The highest BCUT2D eigenvalue weighted by molar-refractivity contribution is 5.94. The van der Waals surface area contributed by atoms with Gasteiger partial charge in [-0.25, -0.2) is 10.4 Å². The summed E-state index contributed by atoms with van der Waals surface area (Å²) >= 11 is 0. The highest BCUT2D eigenvalue weighted by Gasteiger charge is 2.42. The summed E-state index contributed by atoms with van der Waals surface area (Å²) in [6, 6.07) is 7.07. The molecular formula is C33H43N5O6. The van der Waals surface area contributed by atoms with Gasteiger partial charge in [0.25, 0.3) is 5.91 Å². The number of aliphatic hydroxyl groups is 1. The zero-order chi connectivity index (χ0) is 31.6. The van der Waals surface area contributed by atoms with Crippen molar-refractivity contribution in [2.75, 3.05) is 6.54 Å². The Hall–Kier alpha value is -3.83. The van der Waals surface area contributed by atoms with Crippen LogP contribution in [0.25, 0.3) is 17.0 Å². The van der Waals surface area contributed by atoms with Crippen molar-refractivity contribution in [3.63, 3.8) is 0 Å². The zero-order valence-corrected chi connectivity index (χ0v) is 25.8. The molecule has 2 fully saturated rings. The second-order valence-corrected chi connectivity index (χ2v) is 12.7. The van der Waals surface area contributed by atoms with Crippen LogP contribution in [0.1, 0.15) is 83.6 Å². The Kier molecular flexibility index (Phi) is 9.36. The van der Waals surface area contributed by atoms with Crippen molar-refractivity contribution in [3.8, 4) is 0 Å². The van der Waals surface area contributed by atoms with Crippen LogP contribution in [-0.4, -0.2) is 69.6 Å². The Morgan fingerprint density at radius 3 is 2.48 bits per heavy atom. The molecule has 44 heavy (non-hydrogen) atoms. The molecule has 1 aliphatic carbocycles. The third-order valence-corrected chi connectivity index (χ3v) is 9.04. The SMILES string of the molecule is CC(C)[C@@H]1NC(=O)[C@]2(/C=C/c3ccc4ccc(nc4c3)[C@@H](C)OC(=O)[C@@H]3CCCN(N3)C(=O)[C@H](C)NC1=O)CC[C@H](O)CC2. The largest absolute Gasteiger partial charge is 0.455 e. The van der Waals surface area contributed by atoms with Gasteiger partial charge in [0.2, 0.25) is 11.8 Å². The molecule has 3 amide bonds. The van der Waals surface area contributed by atoms with Gasteiger partial charge in [0.1, 0.15) is 24.2 Å². The fraction of sp³-hybridized carbons (Fsp3) is 0.545. The van der Waals surface area contributed by atoms with Crippen LogP contribution in [0, 0.1) is 11.3 Å². The molecule has 4 N–H and O–H groups in total. The first-order valence-electron chi connectivity index (χ1n) is 15.6. The number of aliphatic hydroxyl groups excluding tert-OH is 1. The molecule has 11 nitrogen and oxygen atoms in total. The number of benzene rings is 1. The Labute approximate surface area is 257 Å². The first-order valence-corrected chi connectivity index (χ1v) is 15.6. The summed E-state index contributed by atoms with van der Waals surface area (Å²) in [5.41, 5.74) is 4.21. The molecule has 2 aromatic rings. The second-order valence-electron chi connectivity index (χ2n) is 12.7. The molecule has 1 saturated carbocycles. The van der Waals surface area contributed by atoms with Gasteiger partial charge < -0.3 is 20.5 Å². The summed E-state index contributed by atoms with van der Waals surface area (Å²) in [7, 11) is 0. The van der Waals surface area contributed by atoms with Crippen LogP contribution in [0.15, 0.2) is 36.4 Å². The third-order valence-electron chi connectivity index (χ3n) is 9.04. The van der Waals surface area contributed by atoms with E-state index in [9.17, 15) is 24.3 Å². The molecule has 1 aromatic carbocycles. The first kappa shape index (κ1) is 31.6. The van der Waals surface area contributed by atoms with Crippen molar-refractivity contribution in [1.82, 2.24) is 26.1 Å². The zero-order valence-electron chi connectivity index (χ0n) is 25.8. The maximum absolute atomic E-state index is 14.0. The summed E-state index contributed by atoms with van der Waals surface area (Å²) in [6.45, 7) is 7.40. The summed E-state index contributed by atoms with van der Waals surface area (Å²) in [6.07, 6.45) is 5.53. The molecule has 2 aliphatic heterocycles. The molecule has 0 unspecified atom stereocenters. The van der Waals surface area contributed by atoms with Crippen molar-refractivity contribution >= 4 is 40.7 Å². The van der Waals surface area contributed by atoms with E-state index in [1.54, 1.807) is 13.8 Å². The molecule has 1 aromatic heterocycles. The fourth-order valence-electron chi connectivity index (χ4n) is 6.17. The molecule has 236 valence electrons. The number of amides is 3. The normalized spacial score (nSPS) is 31.5. The lowest BCUT2D eigenvalue weighted by molar-refractivity contribution is -0.157. The number of aromatic nitrogens is 1. The monoisotopic (exact) mass is 605 g/mol. The Balaban J connectivity index is 1.53. The number of hydrogen-bond acceptors (Lipinski definition) is 8. The number of carbonyl (C=O) groups excluding carboxylic acids is 4. The average Bonchev–Trinajstić information content (AvgIpc) is 3.01. The van der Waals surface area contributed by atoms with Gasteiger partial charge in [-0.2, -0.15) is 0 Å². The molecule has 4 atom stereocenters. The number of ether oxygens (including phenoxy) is 1. The van der Waals surface area contributed by atoms with Crippen LogP contribution >= 0.6 is 0 Å². The number of fused-ring (bicyclic) bond motifs is 4. The summed E-state index contributed by atoms with van der Waals surface area (Å²) in [5.74, 6) is -1.89. The minimum atomic E-state index is -0.924. The maximum atomic E-state index is 14.0. The first-order chi connectivity index (χ1) is 21.0. The number of hydrazine groups is 1. The van der Waals surface area contributed by atoms with Crippen LogP contribution in [0.3, 0.4) is 0 Å². The predicted octanol–water partition coefficient (Wildman–Crippen LogP) is 2.93. The molecule has 1 saturated heterocycles. The summed E-state index contributed by atoms with van der Waals surface area (Å²) < 4.78 is 5.78. The minimum Gasteiger partial charge on any atom is -0.455 e. The van der Waals surface area contributed by atoms with Gasteiger partial charge >= 0.3 is 5.97 Å². The molecule has 5 rings (SSSR count). The molecule has 11 heteroatoms. The number of carbonyl (C=O) groups is 4. The van der Waals surface area contributed by atoms with Crippen molar-refractivity contribution in [2.45, 2.75) is 96.6 Å². The van der Waals surface area contributed by atoms with Gasteiger partial charge in [0.05, 0.1) is 22.7 Å². The van der Waals surface area contributed by atoms with Crippen LogP contribution in [0.2, 0.25) is 0 Å². The van der Waals surface area contributed by atoms with Gasteiger partial charge in [0.15, 0.2) is 0 Å². The Bertz CT molecular complexity index is 1450. The smallest absolute Gasteiger partial charge is 0.325 e. The number of nitrogens with zero attached hydrogens (tertiary/aromatic N) is 2. The van der Waals surface area contributed by atoms with Crippen LogP contribution < -0.4 is 16.1 Å². The number of nitrogens with one attached hydrogen (secondary N) is 3. The van der Waals surface area contributed by atoms with E-state index in [1.807, 2.05) is 56.3 Å². The van der Waals surface area contributed by atoms with Gasteiger partial charge in [0, 0.05) is 11.9 Å². The molecule has 1 spiro atoms. The highest BCUT2D eigenvalue weighted by Crippen LogP contribution is 2.39. The number of rotatable bonds is 1. The maximum Gasteiger partial charge on any atom is 0.325 e. The Morgan fingerprint density at radius 1 is 1.02 bits per heavy atom. The third kappa shape index (κ3) is 6.78. The topological polar surface area (TPSA) is 150 Å². The van der Waals surface area contributed by atoms with Crippen LogP contribution in [0.5, 0.6) is 0 Å². The van der Waals surface area contributed by atoms with Gasteiger partial charge in [-0.3, -0.25) is 24.2 Å². The van der Waals surface area contributed by atoms with Crippen molar-refractivity contribution in [1.29, 1.82) is 0 Å². The molecule has 3 heterocycles. The quantitative estimate of drug-likeness (QED) is 0.363. The van der Waals surface area contributed by atoms with E-state index in [-0.39, 0.29) is 11.8 Å². The average molecular weight is 606 g/mol. The fourth-order valence-corrected chi connectivity index (χ4v) is 6.17. The molecule has 3 aliphatic rings. The van der Waals surface area contributed by atoms with Crippen molar-refractivity contribution in [2.24, 2.45) is 11.3 Å². The predicted molar refractivity (Wildman–Crippen MR) is 164 cm³/mol. The van der Waals surface area contributed by atoms with E-state index in [2.05, 4.69) is 16.1 Å². The highest BCUT2D eigenvalue weighted by atomic mass is 16.5. The number of cyclic esters (lactones) is 1. The van der Waals surface area contributed by atoms with E-state index in [1.165, 1.54) is 5.01 Å². The minimum absolute atomic E-state index is 0.256. The van der Waals surface area contributed by atoms with E-state index in [0.717, 1.165) is 10.9 Å². The summed E-state index contributed by atoms with van der Waals surface area (Å²) in [5, 5.41) is 18.3.